The zero-order valence-electron chi connectivity index (χ0n) is 13.2. The summed E-state index contributed by atoms with van der Waals surface area (Å²) in [6.45, 7) is 2.30. The maximum Gasteiger partial charge on any atom is 0.143 e. The Hall–Kier alpha value is -0.390. The molecule has 4 heteroatoms. The van der Waals surface area contributed by atoms with Crippen LogP contribution in [-0.4, -0.2) is 17.0 Å². The Bertz CT molecular complexity index is 491. The number of aromatic nitrogens is 2. The predicted molar refractivity (Wildman–Crippen MR) is 95.9 cm³/mol. The lowest BCUT2D eigenvalue weighted by Gasteiger charge is -2.28. The molecule has 0 bridgehead atoms. The van der Waals surface area contributed by atoms with E-state index in [4.69, 9.17) is 9.97 Å². The zero-order valence-corrected chi connectivity index (χ0v) is 15.3. The molecular formula is C17H26IN3. The summed E-state index contributed by atoms with van der Waals surface area (Å²) >= 11 is 2.41. The minimum Gasteiger partial charge on any atom is -0.372 e. The van der Waals surface area contributed by atoms with Gasteiger partial charge in [0.25, 0.3) is 0 Å². The second-order valence-corrected chi connectivity index (χ2v) is 7.74. The van der Waals surface area contributed by atoms with Gasteiger partial charge in [-0.3, -0.25) is 0 Å². The number of hydrogen-bond acceptors (Lipinski definition) is 3. The maximum absolute atomic E-state index is 4.98. The van der Waals surface area contributed by atoms with Gasteiger partial charge in [0.05, 0.1) is 9.26 Å². The van der Waals surface area contributed by atoms with Crippen molar-refractivity contribution >= 4 is 28.4 Å². The van der Waals surface area contributed by atoms with E-state index < -0.39 is 0 Å². The average molecular weight is 399 g/mol. The molecule has 0 spiro atoms. The van der Waals surface area contributed by atoms with Crippen molar-refractivity contribution in [3.8, 4) is 0 Å². The number of nitrogens with one attached hydrogen (secondary N) is 1. The number of nitrogens with zero attached hydrogens (tertiary/aromatic N) is 2. The van der Waals surface area contributed by atoms with Crippen LogP contribution in [0.2, 0.25) is 0 Å². The number of rotatable bonds is 5. The number of halogens is 1. The molecule has 1 aromatic rings. The molecule has 0 radical (unpaired) electrons. The van der Waals surface area contributed by atoms with Gasteiger partial charge in [-0.2, -0.15) is 0 Å². The molecule has 0 aliphatic heterocycles. The molecular weight excluding hydrogens is 373 g/mol. The Labute approximate surface area is 141 Å². The predicted octanol–water partition coefficient (Wildman–Crippen LogP) is 5.07. The van der Waals surface area contributed by atoms with Crippen molar-refractivity contribution in [2.75, 3.05) is 12.4 Å². The van der Waals surface area contributed by atoms with Crippen molar-refractivity contribution in [3.63, 3.8) is 0 Å². The van der Waals surface area contributed by atoms with Crippen molar-refractivity contribution in [1.82, 2.24) is 9.97 Å². The minimum absolute atomic E-state index is 0.583. The first-order valence-corrected chi connectivity index (χ1v) is 9.55. The molecule has 116 valence electrons. The van der Waals surface area contributed by atoms with E-state index in [1.54, 1.807) is 0 Å². The summed E-state index contributed by atoms with van der Waals surface area (Å²) in [4.78, 5) is 9.81. The zero-order chi connectivity index (χ0) is 14.8. The summed E-state index contributed by atoms with van der Waals surface area (Å²) in [5.74, 6) is 4.37. The third kappa shape index (κ3) is 3.51. The van der Waals surface area contributed by atoms with Gasteiger partial charge in [-0.1, -0.05) is 19.8 Å². The van der Waals surface area contributed by atoms with Gasteiger partial charge >= 0.3 is 0 Å². The maximum atomic E-state index is 4.98. The van der Waals surface area contributed by atoms with Crippen molar-refractivity contribution < 1.29 is 0 Å². The van der Waals surface area contributed by atoms with Crippen LogP contribution in [0.4, 0.5) is 5.82 Å². The van der Waals surface area contributed by atoms with Crippen LogP contribution in [0.5, 0.6) is 0 Å². The molecule has 0 atom stereocenters. The lowest BCUT2D eigenvalue weighted by molar-refractivity contribution is 0.302. The highest BCUT2D eigenvalue weighted by atomic mass is 127. The lowest BCUT2D eigenvalue weighted by Crippen LogP contribution is -2.17. The molecule has 3 nitrogen and oxygen atoms in total. The van der Waals surface area contributed by atoms with Crippen LogP contribution >= 0.6 is 22.6 Å². The van der Waals surface area contributed by atoms with Crippen LogP contribution in [0.25, 0.3) is 0 Å². The van der Waals surface area contributed by atoms with Crippen LogP contribution in [0.1, 0.15) is 81.6 Å². The molecule has 0 aromatic carbocycles. The lowest BCUT2D eigenvalue weighted by atomic mass is 9.80. The summed E-state index contributed by atoms with van der Waals surface area (Å²) in [6.07, 6.45) is 10.6. The van der Waals surface area contributed by atoms with E-state index >= 15 is 0 Å². The monoisotopic (exact) mass is 399 g/mol. The van der Waals surface area contributed by atoms with Crippen molar-refractivity contribution in [1.29, 1.82) is 0 Å². The topological polar surface area (TPSA) is 37.8 Å². The molecule has 2 saturated carbocycles. The normalized spacial score (nSPS) is 25.9. The van der Waals surface area contributed by atoms with E-state index in [2.05, 4.69) is 34.8 Å². The van der Waals surface area contributed by atoms with Crippen molar-refractivity contribution in [2.45, 2.75) is 70.1 Å². The molecule has 2 aliphatic carbocycles. The summed E-state index contributed by atoms with van der Waals surface area (Å²) in [5.41, 5.74) is 1.31. The molecule has 21 heavy (non-hydrogen) atoms. The molecule has 1 N–H and O–H groups in total. The summed E-state index contributed by atoms with van der Waals surface area (Å²) in [6, 6.07) is 0. The Morgan fingerprint density at radius 1 is 1.05 bits per heavy atom. The van der Waals surface area contributed by atoms with Crippen LogP contribution in [0.15, 0.2) is 0 Å². The molecule has 0 unspecified atom stereocenters. The van der Waals surface area contributed by atoms with Gasteiger partial charge in [-0.05, 0) is 67.0 Å². The van der Waals surface area contributed by atoms with E-state index in [0.29, 0.717) is 11.8 Å². The Kier molecular flexibility index (Phi) is 5.02. The van der Waals surface area contributed by atoms with E-state index in [1.807, 2.05) is 7.05 Å². The van der Waals surface area contributed by atoms with Gasteiger partial charge in [-0.25, -0.2) is 9.97 Å². The minimum atomic E-state index is 0.583. The Morgan fingerprint density at radius 3 is 2.29 bits per heavy atom. The highest BCUT2D eigenvalue weighted by molar-refractivity contribution is 14.1. The third-order valence-corrected chi connectivity index (χ3v) is 6.07. The molecule has 2 fully saturated rings. The van der Waals surface area contributed by atoms with E-state index in [0.717, 1.165) is 17.6 Å². The molecule has 1 aromatic heterocycles. The highest BCUT2D eigenvalue weighted by Gasteiger charge is 2.31. The second kappa shape index (κ2) is 6.80. The summed E-state index contributed by atoms with van der Waals surface area (Å²) in [5, 5.41) is 3.27. The Morgan fingerprint density at radius 2 is 1.71 bits per heavy atom. The van der Waals surface area contributed by atoms with Crippen LogP contribution < -0.4 is 5.32 Å². The third-order valence-electron chi connectivity index (χ3n) is 5.00. The first kappa shape index (κ1) is 15.5. The largest absolute Gasteiger partial charge is 0.372 e. The molecule has 2 aliphatic rings. The molecule has 0 amide bonds. The second-order valence-electron chi connectivity index (χ2n) is 6.66. The van der Waals surface area contributed by atoms with Gasteiger partial charge in [0.1, 0.15) is 11.6 Å². The fourth-order valence-corrected chi connectivity index (χ4v) is 4.53. The molecule has 3 rings (SSSR count). The van der Waals surface area contributed by atoms with Gasteiger partial charge in [-0.15, -0.1) is 0 Å². The fourth-order valence-electron chi connectivity index (χ4n) is 3.58. The van der Waals surface area contributed by atoms with Gasteiger partial charge in [0, 0.05) is 18.9 Å². The quantitative estimate of drug-likeness (QED) is 0.703. The molecule has 0 saturated heterocycles. The van der Waals surface area contributed by atoms with Gasteiger partial charge < -0.3 is 5.32 Å². The van der Waals surface area contributed by atoms with Crippen LogP contribution in [-0.2, 0) is 0 Å². The van der Waals surface area contributed by atoms with Crippen LogP contribution in [0, 0.1) is 9.49 Å². The fraction of sp³-hybridized carbons (Fsp3) is 0.765. The highest BCUT2D eigenvalue weighted by Crippen LogP contribution is 2.44. The molecule has 1 heterocycles. The standard InChI is InChI=1S/C17H26IN3/c1-3-4-11-5-7-13(8-6-11)16-20-15(12-9-10-12)14(18)17(19-2)21-16/h11-13H,3-10H2,1-2H3,(H,19,20,21). The van der Waals surface area contributed by atoms with Crippen molar-refractivity contribution in [3.05, 3.63) is 15.1 Å². The summed E-state index contributed by atoms with van der Waals surface area (Å²) in [7, 11) is 1.98. The van der Waals surface area contributed by atoms with Gasteiger partial charge in [0.15, 0.2) is 0 Å². The smallest absolute Gasteiger partial charge is 0.143 e. The average Bonchev–Trinajstić information content (AvgIpc) is 3.33. The SMILES string of the molecule is CCCC1CCC(c2nc(NC)c(I)c(C3CC3)n2)CC1. The van der Waals surface area contributed by atoms with E-state index in [1.165, 1.54) is 60.6 Å². The first-order chi connectivity index (χ1) is 10.2. The van der Waals surface area contributed by atoms with E-state index in [-0.39, 0.29) is 0 Å². The van der Waals surface area contributed by atoms with E-state index in [9.17, 15) is 0 Å². The van der Waals surface area contributed by atoms with Crippen LogP contribution in [0.3, 0.4) is 0 Å². The van der Waals surface area contributed by atoms with Crippen molar-refractivity contribution in [2.24, 2.45) is 5.92 Å². The summed E-state index contributed by atoms with van der Waals surface area (Å²) < 4.78 is 1.24. The Balaban J connectivity index is 1.77. The number of anilines is 1. The first-order valence-electron chi connectivity index (χ1n) is 8.48. The number of hydrogen-bond donors (Lipinski definition) is 1. The van der Waals surface area contributed by atoms with Gasteiger partial charge in [0.2, 0.25) is 0 Å².